The van der Waals surface area contributed by atoms with Crippen molar-refractivity contribution < 1.29 is 4.79 Å². The zero-order valence-corrected chi connectivity index (χ0v) is 14.2. The third-order valence-corrected chi connectivity index (χ3v) is 3.03. The Morgan fingerprint density at radius 3 is 2.60 bits per heavy atom. The van der Waals surface area contributed by atoms with Crippen LogP contribution in [0.25, 0.3) is 0 Å². The van der Waals surface area contributed by atoms with Gasteiger partial charge >= 0.3 is 0 Å². The molecule has 2 N–H and O–H groups in total. The van der Waals surface area contributed by atoms with Crippen molar-refractivity contribution in [2.75, 3.05) is 32.0 Å². The molecule has 0 fully saturated rings. The van der Waals surface area contributed by atoms with Crippen molar-refractivity contribution in [2.24, 2.45) is 4.99 Å². The number of aliphatic imine (C=N–C) groups is 1. The van der Waals surface area contributed by atoms with E-state index >= 15 is 0 Å². The van der Waals surface area contributed by atoms with Gasteiger partial charge in [0.05, 0.1) is 6.54 Å². The first-order valence-electron chi connectivity index (χ1n) is 6.51. The quantitative estimate of drug-likeness (QED) is 0.773. The number of rotatable bonds is 4. The number of carbonyl (C=O) groups is 1. The highest BCUT2D eigenvalue weighted by molar-refractivity contribution is 14.0. The molecule has 0 aromatic heterocycles. The monoisotopic (exact) mass is 388 g/mol. The van der Waals surface area contributed by atoms with Gasteiger partial charge in [-0.05, 0) is 24.1 Å². The normalized spacial score (nSPS) is 13.5. The van der Waals surface area contributed by atoms with Crippen molar-refractivity contribution in [1.29, 1.82) is 0 Å². The lowest BCUT2D eigenvalue weighted by Crippen LogP contribution is -2.36. The van der Waals surface area contributed by atoms with Crippen LogP contribution in [0.1, 0.15) is 12.5 Å². The SMILES string of the molecule is CC(=O)Nc1ccc(CCNC2=NCCN2C)cc1.I. The molecule has 1 aliphatic heterocycles. The fourth-order valence-electron chi connectivity index (χ4n) is 2.00. The van der Waals surface area contributed by atoms with Crippen molar-refractivity contribution in [3.8, 4) is 0 Å². The number of nitrogens with one attached hydrogen (secondary N) is 2. The Hall–Kier alpha value is -1.31. The standard InChI is InChI=1S/C14H20N4O.HI/c1-11(19)17-13-5-3-12(4-6-13)7-8-15-14-16-9-10-18(14)2;/h3-6H,7-10H2,1-2H3,(H,15,16)(H,17,19);1H. The first-order valence-corrected chi connectivity index (χ1v) is 6.51. The van der Waals surface area contributed by atoms with E-state index in [0.29, 0.717) is 0 Å². The van der Waals surface area contributed by atoms with E-state index in [0.717, 1.165) is 37.7 Å². The second kappa shape index (κ2) is 8.08. The molecule has 5 nitrogen and oxygen atoms in total. The van der Waals surface area contributed by atoms with Crippen LogP contribution in [0.15, 0.2) is 29.3 Å². The first kappa shape index (κ1) is 16.7. The minimum Gasteiger partial charge on any atom is -0.356 e. The average Bonchev–Trinajstić information content (AvgIpc) is 2.77. The molecule has 1 aliphatic rings. The lowest BCUT2D eigenvalue weighted by atomic mass is 10.1. The number of anilines is 1. The Balaban J connectivity index is 0.00000200. The number of likely N-dealkylation sites (N-methyl/N-ethyl adjacent to an activating group) is 1. The first-order chi connectivity index (χ1) is 9.15. The number of hydrogen-bond donors (Lipinski definition) is 2. The number of guanidine groups is 1. The molecule has 0 bridgehead atoms. The van der Waals surface area contributed by atoms with Crippen molar-refractivity contribution in [3.05, 3.63) is 29.8 Å². The van der Waals surface area contributed by atoms with E-state index in [4.69, 9.17) is 0 Å². The third kappa shape index (κ3) is 4.99. The Kier molecular flexibility index (Phi) is 6.77. The number of benzene rings is 1. The summed E-state index contributed by atoms with van der Waals surface area (Å²) in [4.78, 5) is 17.4. The summed E-state index contributed by atoms with van der Waals surface area (Å²) in [6.45, 7) is 4.25. The molecule has 1 amide bonds. The van der Waals surface area contributed by atoms with Crippen LogP contribution in [-0.4, -0.2) is 43.4 Å². The van der Waals surface area contributed by atoms with Gasteiger partial charge in [-0.3, -0.25) is 9.79 Å². The second-order valence-corrected chi connectivity index (χ2v) is 4.68. The highest BCUT2D eigenvalue weighted by atomic mass is 127. The maximum atomic E-state index is 10.9. The Bertz CT molecular complexity index is 473. The molecule has 2 rings (SSSR count). The molecular weight excluding hydrogens is 367 g/mol. The topological polar surface area (TPSA) is 56.7 Å². The van der Waals surface area contributed by atoms with E-state index in [2.05, 4.69) is 20.5 Å². The van der Waals surface area contributed by atoms with Crippen LogP contribution >= 0.6 is 24.0 Å². The average molecular weight is 388 g/mol. The number of amides is 1. The van der Waals surface area contributed by atoms with E-state index in [1.165, 1.54) is 12.5 Å². The molecule has 1 aromatic rings. The van der Waals surface area contributed by atoms with Gasteiger partial charge in [-0.25, -0.2) is 0 Å². The Labute approximate surface area is 136 Å². The van der Waals surface area contributed by atoms with Crippen molar-refractivity contribution in [3.63, 3.8) is 0 Å². The molecule has 0 unspecified atom stereocenters. The zero-order chi connectivity index (χ0) is 13.7. The molecule has 0 spiro atoms. The summed E-state index contributed by atoms with van der Waals surface area (Å²) in [6.07, 6.45) is 0.938. The van der Waals surface area contributed by atoms with E-state index in [-0.39, 0.29) is 29.9 Å². The summed E-state index contributed by atoms with van der Waals surface area (Å²) in [5.41, 5.74) is 2.08. The summed E-state index contributed by atoms with van der Waals surface area (Å²) in [7, 11) is 2.04. The van der Waals surface area contributed by atoms with Gasteiger partial charge in [0, 0.05) is 32.7 Å². The molecule has 110 valence electrons. The molecule has 1 heterocycles. The van der Waals surface area contributed by atoms with Crippen LogP contribution in [-0.2, 0) is 11.2 Å². The van der Waals surface area contributed by atoms with Crippen molar-refractivity contribution in [1.82, 2.24) is 10.2 Å². The molecule has 6 heteroatoms. The van der Waals surface area contributed by atoms with Gasteiger partial charge in [-0.2, -0.15) is 0 Å². The predicted octanol–water partition coefficient (Wildman–Crippen LogP) is 1.70. The van der Waals surface area contributed by atoms with Crippen LogP contribution in [0, 0.1) is 0 Å². The molecule has 1 aromatic carbocycles. The molecule has 0 saturated heterocycles. The fraction of sp³-hybridized carbons (Fsp3) is 0.429. The molecule has 0 aliphatic carbocycles. The predicted molar refractivity (Wildman–Crippen MR) is 92.8 cm³/mol. The van der Waals surface area contributed by atoms with E-state index in [1.54, 1.807) is 0 Å². The van der Waals surface area contributed by atoms with Gasteiger partial charge in [0.25, 0.3) is 0 Å². The molecule has 0 saturated carbocycles. The second-order valence-electron chi connectivity index (χ2n) is 4.68. The third-order valence-electron chi connectivity index (χ3n) is 3.03. The van der Waals surface area contributed by atoms with E-state index in [1.807, 2.05) is 31.3 Å². The van der Waals surface area contributed by atoms with E-state index < -0.39 is 0 Å². The van der Waals surface area contributed by atoms with Crippen LogP contribution in [0.5, 0.6) is 0 Å². The molecule has 0 atom stereocenters. The minimum atomic E-state index is -0.0447. The highest BCUT2D eigenvalue weighted by Crippen LogP contribution is 2.09. The number of nitrogens with zero attached hydrogens (tertiary/aromatic N) is 2. The van der Waals surface area contributed by atoms with Crippen LogP contribution in [0.4, 0.5) is 5.69 Å². The maximum Gasteiger partial charge on any atom is 0.221 e. The lowest BCUT2D eigenvalue weighted by Gasteiger charge is -2.15. The Morgan fingerprint density at radius 2 is 2.05 bits per heavy atom. The smallest absolute Gasteiger partial charge is 0.221 e. The minimum absolute atomic E-state index is 0. The summed E-state index contributed by atoms with van der Waals surface area (Å²) in [5.74, 6) is 0.937. The van der Waals surface area contributed by atoms with Crippen molar-refractivity contribution >= 4 is 41.5 Å². The molecule has 20 heavy (non-hydrogen) atoms. The summed E-state index contributed by atoms with van der Waals surface area (Å²) in [6, 6.07) is 7.92. The zero-order valence-electron chi connectivity index (χ0n) is 11.8. The van der Waals surface area contributed by atoms with Crippen LogP contribution in [0.3, 0.4) is 0 Å². The highest BCUT2D eigenvalue weighted by Gasteiger charge is 2.10. The van der Waals surface area contributed by atoms with Crippen LogP contribution < -0.4 is 10.6 Å². The van der Waals surface area contributed by atoms with Gasteiger partial charge in [0.2, 0.25) is 5.91 Å². The number of carbonyl (C=O) groups excluding carboxylic acids is 1. The summed E-state index contributed by atoms with van der Waals surface area (Å²) >= 11 is 0. The summed E-state index contributed by atoms with van der Waals surface area (Å²) in [5, 5.41) is 6.09. The largest absolute Gasteiger partial charge is 0.356 e. The van der Waals surface area contributed by atoms with Crippen LogP contribution in [0.2, 0.25) is 0 Å². The van der Waals surface area contributed by atoms with Gasteiger partial charge in [0.15, 0.2) is 5.96 Å². The maximum absolute atomic E-state index is 10.9. The lowest BCUT2D eigenvalue weighted by molar-refractivity contribution is -0.114. The van der Waals surface area contributed by atoms with Gasteiger partial charge in [-0.15, -0.1) is 24.0 Å². The summed E-state index contributed by atoms with van der Waals surface area (Å²) < 4.78 is 0. The fourth-order valence-corrected chi connectivity index (χ4v) is 2.00. The van der Waals surface area contributed by atoms with Gasteiger partial charge in [-0.1, -0.05) is 12.1 Å². The Morgan fingerprint density at radius 1 is 1.35 bits per heavy atom. The number of hydrogen-bond acceptors (Lipinski definition) is 4. The molecule has 0 radical (unpaired) electrons. The molecular formula is C14H21IN4O. The van der Waals surface area contributed by atoms with Gasteiger partial charge in [0.1, 0.15) is 0 Å². The van der Waals surface area contributed by atoms with Crippen molar-refractivity contribution in [2.45, 2.75) is 13.3 Å². The van der Waals surface area contributed by atoms with Gasteiger partial charge < -0.3 is 15.5 Å². The number of halogens is 1. The van der Waals surface area contributed by atoms with E-state index in [9.17, 15) is 4.79 Å².